The maximum Gasteiger partial charge on any atom is 0.253 e. The third-order valence-corrected chi connectivity index (χ3v) is 2.48. The molecule has 1 amide bonds. The summed E-state index contributed by atoms with van der Waals surface area (Å²) in [4.78, 5) is 15.8. The molecule has 4 heteroatoms. The number of hydrogen-bond donors (Lipinski definition) is 1. The Bertz CT molecular complexity index is 529. The molecule has 2 rings (SSSR count). The van der Waals surface area contributed by atoms with Crippen LogP contribution in [0.1, 0.15) is 29.9 Å². The molecule has 0 aromatic carbocycles. The molecule has 4 nitrogen and oxygen atoms in total. The van der Waals surface area contributed by atoms with Gasteiger partial charge in [-0.3, -0.25) is 9.78 Å². The van der Waals surface area contributed by atoms with Gasteiger partial charge in [-0.05, 0) is 13.0 Å². The average Bonchev–Trinajstić information content (AvgIpc) is 2.68. The summed E-state index contributed by atoms with van der Waals surface area (Å²) in [5, 5.41) is 3.58. The zero-order valence-electron chi connectivity index (χ0n) is 11.0. The summed E-state index contributed by atoms with van der Waals surface area (Å²) >= 11 is 0. The second kappa shape index (κ2) is 5.48. The van der Waals surface area contributed by atoms with E-state index in [0.717, 1.165) is 16.6 Å². The van der Waals surface area contributed by atoms with Gasteiger partial charge in [-0.1, -0.05) is 13.8 Å². The highest BCUT2D eigenvalue weighted by Crippen LogP contribution is 2.20. The molecule has 0 saturated heterocycles. The third-order valence-electron chi connectivity index (χ3n) is 2.48. The fraction of sp³-hybridized carbons (Fsp3) is 0.385. The minimum absolute atomic E-state index is 0.0637. The van der Waals surface area contributed by atoms with Crippen molar-refractivity contribution in [3.8, 4) is 0 Å². The number of amides is 1. The van der Waals surface area contributed by atoms with Gasteiger partial charge in [-0.15, -0.1) is 0 Å². The van der Waals surface area contributed by atoms with Crippen molar-refractivity contribution >= 4 is 16.8 Å². The molecule has 0 aliphatic heterocycles. The van der Waals surface area contributed by atoms with Gasteiger partial charge in [0, 0.05) is 31.4 Å². The molecule has 0 atom stereocenters. The van der Waals surface area contributed by atoms with Gasteiger partial charge < -0.3 is 9.88 Å². The number of hydrogen-bond acceptors (Lipinski definition) is 2. The lowest BCUT2D eigenvalue weighted by molar-refractivity contribution is 0.0964. The number of pyridine rings is 1. The fourth-order valence-corrected chi connectivity index (χ4v) is 1.70. The van der Waals surface area contributed by atoms with E-state index >= 15 is 0 Å². The minimum atomic E-state index is -0.0637. The Morgan fingerprint density at radius 2 is 2.06 bits per heavy atom. The van der Waals surface area contributed by atoms with Crippen LogP contribution in [-0.4, -0.2) is 22.5 Å². The predicted octanol–water partition coefficient (Wildman–Crippen LogP) is 2.27. The van der Waals surface area contributed by atoms with Gasteiger partial charge >= 0.3 is 0 Å². The van der Waals surface area contributed by atoms with Crippen LogP contribution in [0.4, 0.5) is 0 Å². The highest BCUT2D eigenvalue weighted by atomic mass is 16.1. The summed E-state index contributed by atoms with van der Waals surface area (Å²) in [6, 6.07) is 1.93. The van der Waals surface area contributed by atoms with E-state index in [0.29, 0.717) is 5.56 Å². The first-order chi connectivity index (χ1) is 8.13. The zero-order chi connectivity index (χ0) is 13.0. The van der Waals surface area contributed by atoms with Gasteiger partial charge in [0.25, 0.3) is 5.91 Å². The molecule has 0 bridgehead atoms. The number of nitrogens with zero attached hydrogens (tertiary/aromatic N) is 2. The van der Waals surface area contributed by atoms with E-state index < -0.39 is 0 Å². The van der Waals surface area contributed by atoms with Crippen LogP contribution >= 0.6 is 0 Å². The summed E-state index contributed by atoms with van der Waals surface area (Å²) in [6.07, 6.45) is 3.61. The second-order valence-corrected chi connectivity index (χ2v) is 3.58. The third kappa shape index (κ3) is 2.46. The number of carbonyl (C=O) groups is 1. The average molecular weight is 233 g/mol. The SMILES string of the molecule is CC.CNC(=O)c1cn(C)c2cnc(C)cc12. The van der Waals surface area contributed by atoms with Gasteiger partial charge in [0.05, 0.1) is 17.3 Å². The molecule has 0 aliphatic rings. The van der Waals surface area contributed by atoms with Crippen molar-refractivity contribution in [1.82, 2.24) is 14.9 Å². The van der Waals surface area contributed by atoms with Crippen LogP contribution in [0, 0.1) is 6.92 Å². The van der Waals surface area contributed by atoms with Gasteiger partial charge in [-0.2, -0.15) is 0 Å². The zero-order valence-corrected chi connectivity index (χ0v) is 11.0. The van der Waals surface area contributed by atoms with Gasteiger partial charge in [-0.25, -0.2) is 0 Å². The Hall–Kier alpha value is -1.84. The number of aryl methyl sites for hydroxylation is 2. The van der Waals surface area contributed by atoms with Crippen molar-refractivity contribution in [1.29, 1.82) is 0 Å². The van der Waals surface area contributed by atoms with Crippen LogP contribution < -0.4 is 5.32 Å². The van der Waals surface area contributed by atoms with Crippen LogP contribution in [0.15, 0.2) is 18.5 Å². The summed E-state index contributed by atoms with van der Waals surface area (Å²) in [7, 11) is 3.54. The molecule has 2 aromatic heterocycles. The second-order valence-electron chi connectivity index (χ2n) is 3.58. The number of aromatic nitrogens is 2. The van der Waals surface area contributed by atoms with Crippen LogP contribution in [0.25, 0.3) is 10.9 Å². The molecular formula is C13H19N3O. The van der Waals surface area contributed by atoms with E-state index in [4.69, 9.17) is 0 Å². The van der Waals surface area contributed by atoms with E-state index in [1.54, 1.807) is 13.2 Å². The van der Waals surface area contributed by atoms with Crippen molar-refractivity contribution in [2.24, 2.45) is 7.05 Å². The van der Waals surface area contributed by atoms with Gasteiger partial charge in [0.15, 0.2) is 0 Å². The lowest BCUT2D eigenvalue weighted by Gasteiger charge is -1.97. The van der Waals surface area contributed by atoms with Gasteiger partial charge in [0.1, 0.15) is 0 Å². The normalized spacial score (nSPS) is 9.71. The number of fused-ring (bicyclic) bond motifs is 1. The highest BCUT2D eigenvalue weighted by molar-refractivity contribution is 6.06. The molecule has 1 N–H and O–H groups in total. The highest BCUT2D eigenvalue weighted by Gasteiger charge is 2.12. The molecular weight excluding hydrogens is 214 g/mol. The van der Waals surface area contributed by atoms with Gasteiger partial charge in [0.2, 0.25) is 0 Å². The summed E-state index contributed by atoms with van der Waals surface area (Å²) in [5.41, 5.74) is 2.58. The summed E-state index contributed by atoms with van der Waals surface area (Å²) in [6.45, 7) is 5.92. The Morgan fingerprint density at radius 3 is 2.65 bits per heavy atom. The first kappa shape index (κ1) is 13.2. The number of carbonyl (C=O) groups excluding carboxylic acids is 1. The fourth-order valence-electron chi connectivity index (χ4n) is 1.70. The Balaban J connectivity index is 0.000000686. The largest absolute Gasteiger partial charge is 0.355 e. The van der Waals surface area contributed by atoms with Crippen LogP contribution in [-0.2, 0) is 7.05 Å². The van der Waals surface area contributed by atoms with Crippen LogP contribution in [0.2, 0.25) is 0 Å². The van der Waals surface area contributed by atoms with E-state index in [2.05, 4.69) is 10.3 Å². The molecule has 0 spiro atoms. The molecule has 0 radical (unpaired) electrons. The molecule has 92 valence electrons. The lowest BCUT2D eigenvalue weighted by Crippen LogP contribution is -2.17. The van der Waals surface area contributed by atoms with Crippen molar-refractivity contribution in [2.45, 2.75) is 20.8 Å². The maximum atomic E-state index is 11.6. The molecule has 0 fully saturated rings. The monoisotopic (exact) mass is 233 g/mol. The molecule has 17 heavy (non-hydrogen) atoms. The predicted molar refractivity (Wildman–Crippen MR) is 70.2 cm³/mol. The first-order valence-corrected chi connectivity index (χ1v) is 5.77. The van der Waals surface area contributed by atoms with Crippen molar-refractivity contribution in [3.63, 3.8) is 0 Å². The first-order valence-electron chi connectivity index (χ1n) is 5.77. The smallest absolute Gasteiger partial charge is 0.253 e. The van der Waals surface area contributed by atoms with Crippen molar-refractivity contribution in [3.05, 3.63) is 29.7 Å². The topological polar surface area (TPSA) is 46.9 Å². The summed E-state index contributed by atoms with van der Waals surface area (Å²) < 4.78 is 1.91. The molecule has 2 aromatic rings. The number of nitrogens with one attached hydrogen (secondary N) is 1. The minimum Gasteiger partial charge on any atom is -0.355 e. The van der Waals surface area contributed by atoms with Crippen molar-refractivity contribution < 1.29 is 4.79 Å². The Kier molecular flexibility index (Phi) is 4.26. The Labute approximate surface area is 102 Å². The van der Waals surface area contributed by atoms with Crippen molar-refractivity contribution in [2.75, 3.05) is 7.05 Å². The molecule has 0 saturated carbocycles. The molecule has 0 aliphatic carbocycles. The summed E-state index contributed by atoms with van der Waals surface area (Å²) in [5.74, 6) is -0.0637. The molecule has 0 unspecified atom stereocenters. The quantitative estimate of drug-likeness (QED) is 0.821. The standard InChI is InChI=1S/C11H13N3O.C2H6/c1-7-4-8-9(11(15)12-2)6-14(3)10(8)5-13-7;1-2/h4-6H,1-3H3,(H,12,15);1-2H3. The van der Waals surface area contributed by atoms with E-state index in [1.165, 1.54) is 0 Å². The van der Waals surface area contributed by atoms with Crippen LogP contribution in [0.5, 0.6) is 0 Å². The van der Waals surface area contributed by atoms with E-state index in [1.807, 2.05) is 44.6 Å². The molecule has 2 heterocycles. The van der Waals surface area contributed by atoms with E-state index in [9.17, 15) is 4.79 Å². The lowest BCUT2D eigenvalue weighted by atomic mass is 10.2. The van der Waals surface area contributed by atoms with Crippen LogP contribution in [0.3, 0.4) is 0 Å². The maximum absolute atomic E-state index is 11.6. The Morgan fingerprint density at radius 1 is 1.41 bits per heavy atom. The van der Waals surface area contributed by atoms with E-state index in [-0.39, 0.29) is 5.91 Å². The number of rotatable bonds is 1.